The Bertz CT molecular complexity index is 786. The van der Waals surface area contributed by atoms with Crippen LogP contribution in [0.2, 0.25) is 0 Å². The molecule has 21 heavy (non-hydrogen) atoms. The summed E-state index contributed by atoms with van der Waals surface area (Å²) >= 11 is 0. The number of fused-ring (bicyclic) bond motifs is 1. The SMILES string of the molecule is CC(N)(C(=O)c1cccc2ccccc12)c1ccccc1. The Balaban J connectivity index is 2.13. The van der Waals surface area contributed by atoms with Crippen molar-refractivity contribution in [2.45, 2.75) is 12.5 Å². The lowest BCUT2D eigenvalue weighted by molar-refractivity contribution is 0.0901. The number of nitrogens with two attached hydrogens (primary N) is 1. The van der Waals surface area contributed by atoms with Crippen LogP contribution in [0.5, 0.6) is 0 Å². The molecule has 0 heterocycles. The standard InChI is InChI=1S/C19H17NO/c1-19(20,15-10-3-2-4-11-15)18(21)17-13-7-9-14-8-5-6-12-16(14)17/h2-13H,20H2,1H3. The molecule has 0 aliphatic heterocycles. The predicted molar refractivity (Wildman–Crippen MR) is 86.3 cm³/mol. The first-order valence-corrected chi connectivity index (χ1v) is 6.97. The molecule has 0 bridgehead atoms. The van der Waals surface area contributed by atoms with Crippen molar-refractivity contribution in [2.75, 3.05) is 0 Å². The van der Waals surface area contributed by atoms with Crippen LogP contribution in [0.1, 0.15) is 22.8 Å². The summed E-state index contributed by atoms with van der Waals surface area (Å²) in [5, 5.41) is 1.99. The highest BCUT2D eigenvalue weighted by atomic mass is 16.1. The first-order valence-electron chi connectivity index (χ1n) is 6.97. The van der Waals surface area contributed by atoms with Crippen molar-refractivity contribution in [1.82, 2.24) is 0 Å². The van der Waals surface area contributed by atoms with Gasteiger partial charge in [-0.05, 0) is 23.3 Å². The van der Waals surface area contributed by atoms with E-state index in [0.29, 0.717) is 5.56 Å². The summed E-state index contributed by atoms with van der Waals surface area (Å²) in [6, 6.07) is 23.1. The van der Waals surface area contributed by atoms with E-state index in [1.54, 1.807) is 6.92 Å². The van der Waals surface area contributed by atoms with Crippen LogP contribution >= 0.6 is 0 Å². The van der Waals surface area contributed by atoms with Crippen LogP contribution in [0.3, 0.4) is 0 Å². The van der Waals surface area contributed by atoms with Crippen LogP contribution in [0.4, 0.5) is 0 Å². The lowest BCUT2D eigenvalue weighted by Gasteiger charge is -2.24. The maximum absolute atomic E-state index is 13.0. The molecule has 0 saturated carbocycles. The highest BCUT2D eigenvalue weighted by Gasteiger charge is 2.31. The van der Waals surface area contributed by atoms with E-state index in [1.165, 1.54) is 0 Å². The number of hydrogen-bond acceptors (Lipinski definition) is 2. The molecule has 2 nitrogen and oxygen atoms in total. The monoisotopic (exact) mass is 275 g/mol. The molecule has 3 aromatic carbocycles. The second kappa shape index (κ2) is 5.15. The van der Waals surface area contributed by atoms with Crippen LogP contribution in [-0.2, 0) is 5.54 Å². The van der Waals surface area contributed by atoms with Gasteiger partial charge in [0.1, 0.15) is 5.54 Å². The molecule has 3 rings (SSSR count). The van der Waals surface area contributed by atoms with E-state index in [0.717, 1.165) is 16.3 Å². The number of Topliss-reactive ketones (excluding diaryl/α,β-unsaturated/α-hetero) is 1. The first kappa shape index (κ1) is 13.5. The summed E-state index contributed by atoms with van der Waals surface area (Å²) in [6.07, 6.45) is 0. The Morgan fingerprint density at radius 1 is 0.857 bits per heavy atom. The second-order valence-corrected chi connectivity index (χ2v) is 5.42. The average molecular weight is 275 g/mol. The van der Waals surface area contributed by atoms with Crippen molar-refractivity contribution < 1.29 is 4.79 Å². The highest BCUT2D eigenvalue weighted by molar-refractivity contribution is 6.12. The Morgan fingerprint density at radius 2 is 1.48 bits per heavy atom. The third-order valence-corrected chi connectivity index (χ3v) is 3.88. The van der Waals surface area contributed by atoms with Gasteiger partial charge in [-0.2, -0.15) is 0 Å². The van der Waals surface area contributed by atoms with E-state index in [2.05, 4.69) is 0 Å². The Morgan fingerprint density at radius 3 is 2.24 bits per heavy atom. The molecule has 0 spiro atoms. The lowest BCUT2D eigenvalue weighted by atomic mass is 9.84. The Kier molecular flexibility index (Phi) is 3.32. The predicted octanol–water partition coefficient (Wildman–Crippen LogP) is 3.90. The van der Waals surface area contributed by atoms with Gasteiger partial charge in [0.05, 0.1) is 0 Å². The number of carbonyl (C=O) groups is 1. The van der Waals surface area contributed by atoms with Crippen molar-refractivity contribution in [2.24, 2.45) is 5.73 Å². The molecule has 0 amide bonds. The van der Waals surface area contributed by atoms with Gasteiger partial charge in [-0.1, -0.05) is 72.8 Å². The largest absolute Gasteiger partial charge is 0.315 e. The Hall–Kier alpha value is -2.45. The van der Waals surface area contributed by atoms with Crippen LogP contribution < -0.4 is 5.73 Å². The van der Waals surface area contributed by atoms with Gasteiger partial charge >= 0.3 is 0 Å². The van der Waals surface area contributed by atoms with E-state index in [-0.39, 0.29) is 5.78 Å². The summed E-state index contributed by atoms with van der Waals surface area (Å²) in [6.45, 7) is 1.77. The minimum atomic E-state index is -1.04. The van der Waals surface area contributed by atoms with Gasteiger partial charge in [0, 0.05) is 5.56 Å². The molecule has 1 unspecified atom stereocenters. The molecule has 0 radical (unpaired) electrons. The maximum Gasteiger partial charge on any atom is 0.187 e. The van der Waals surface area contributed by atoms with E-state index in [1.807, 2.05) is 72.8 Å². The first-order chi connectivity index (χ1) is 10.1. The molecule has 0 aliphatic rings. The fourth-order valence-corrected chi connectivity index (χ4v) is 2.62. The zero-order valence-electron chi connectivity index (χ0n) is 11.9. The molecule has 0 fully saturated rings. The molecule has 1 atom stereocenters. The van der Waals surface area contributed by atoms with E-state index < -0.39 is 5.54 Å². The molecule has 104 valence electrons. The molecule has 2 heteroatoms. The van der Waals surface area contributed by atoms with Crippen molar-refractivity contribution in [3.05, 3.63) is 83.9 Å². The van der Waals surface area contributed by atoms with E-state index in [9.17, 15) is 4.79 Å². The van der Waals surface area contributed by atoms with Crippen molar-refractivity contribution in [3.8, 4) is 0 Å². The quantitative estimate of drug-likeness (QED) is 0.737. The maximum atomic E-state index is 13.0. The number of hydrogen-bond donors (Lipinski definition) is 1. The zero-order valence-corrected chi connectivity index (χ0v) is 11.9. The summed E-state index contributed by atoms with van der Waals surface area (Å²) < 4.78 is 0. The van der Waals surface area contributed by atoms with Gasteiger partial charge in [-0.15, -0.1) is 0 Å². The topological polar surface area (TPSA) is 43.1 Å². The van der Waals surface area contributed by atoms with Crippen molar-refractivity contribution >= 4 is 16.6 Å². The summed E-state index contributed by atoms with van der Waals surface area (Å²) in [5.41, 5.74) is 6.81. The highest BCUT2D eigenvalue weighted by Crippen LogP contribution is 2.27. The van der Waals surface area contributed by atoms with Gasteiger partial charge in [0.25, 0.3) is 0 Å². The zero-order chi connectivity index (χ0) is 14.9. The number of rotatable bonds is 3. The average Bonchev–Trinajstić information content (AvgIpc) is 2.54. The summed E-state index contributed by atoms with van der Waals surface area (Å²) in [5.74, 6) is -0.0644. The molecule has 3 aromatic rings. The summed E-state index contributed by atoms with van der Waals surface area (Å²) in [7, 11) is 0. The van der Waals surface area contributed by atoms with Crippen LogP contribution in [0.15, 0.2) is 72.8 Å². The second-order valence-electron chi connectivity index (χ2n) is 5.42. The normalized spacial score (nSPS) is 13.8. The van der Waals surface area contributed by atoms with Gasteiger partial charge in [0.2, 0.25) is 0 Å². The fraction of sp³-hybridized carbons (Fsp3) is 0.105. The van der Waals surface area contributed by atoms with Crippen LogP contribution in [-0.4, -0.2) is 5.78 Å². The molecule has 2 N–H and O–H groups in total. The van der Waals surface area contributed by atoms with Gasteiger partial charge in [0.15, 0.2) is 5.78 Å². The molecular weight excluding hydrogens is 258 g/mol. The molecule has 0 saturated heterocycles. The third kappa shape index (κ3) is 2.34. The lowest BCUT2D eigenvalue weighted by Crippen LogP contribution is -2.41. The minimum Gasteiger partial charge on any atom is -0.315 e. The number of carbonyl (C=O) groups excluding carboxylic acids is 1. The van der Waals surface area contributed by atoms with Crippen molar-refractivity contribution in [1.29, 1.82) is 0 Å². The van der Waals surface area contributed by atoms with Crippen LogP contribution in [0, 0.1) is 0 Å². The van der Waals surface area contributed by atoms with Gasteiger partial charge in [-0.3, -0.25) is 4.79 Å². The Labute approximate surface area is 124 Å². The van der Waals surface area contributed by atoms with Gasteiger partial charge < -0.3 is 5.73 Å². The van der Waals surface area contributed by atoms with Crippen LogP contribution in [0.25, 0.3) is 10.8 Å². The number of benzene rings is 3. The third-order valence-electron chi connectivity index (χ3n) is 3.88. The number of ketones is 1. The molecule has 0 aromatic heterocycles. The smallest absolute Gasteiger partial charge is 0.187 e. The van der Waals surface area contributed by atoms with Gasteiger partial charge in [-0.25, -0.2) is 0 Å². The summed E-state index contributed by atoms with van der Waals surface area (Å²) in [4.78, 5) is 13.0. The van der Waals surface area contributed by atoms with E-state index >= 15 is 0 Å². The van der Waals surface area contributed by atoms with Crippen molar-refractivity contribution in [3.63, 3.8) is 0 Å². The van der Waals surface area contributed by atoms with E-state index in [4.69, 9.17) is 5.73 Å². The molecule has 0 aliphatic carbocycles. The molecular formula is C19H17NO. The minimum absolute atomic E-state index is 0.0644. The fourth-order valence-electron chi connectivity index (χ4n) is 2.62.